The Bertz CT molecular complexity index is 161. The normalized spacial score (nSPS) is 21.2. The number of hydrogen-bond acceptors (Lipinski definition) is 3. The second kappa shape index (κ2) is 8.04. The highest BCUT2D eigenvalue weighted by molar-refractivity contribution is 4.72. The van der Waals surface area contributed by atoms with Crippen LogP contribution in [-0.2, 0) is 0 Å². The highest BCUT2D eigenvalue weighted by Crippen LogP contribution is 2.09. The molecule has 1 rings (SSSR count). The van der Waals surface area contributed by atoms with Gasteiger partial charge < -0.3 is 15.5 Å². The summed E-state index contributed by atoms with van der Waals surface area (Å²) < 4.78 is 0. The van der Waals surface area contributed by atoms with E-state index < -0.39 is 0 Å². The van der Waals surface area contributed by atoms with Gasteiger partial charge in [-0.1, -0.05) is 20.3 Å². The molecule has 2 N–H and O–H groups in total. The molecule has 0 amide bonds. The molecule has 3 nitrogen and oxygen atoms in total. The summed E-state index contributed by atoms with van der Waals surface area (Å²) in [4.78, 5) is 5.18. The maximum Gasteiger partial charge on any atom is 0.0110 e. The molecule has 1 aliphatic rings. The predicted molar refractivity (Wildman–Crippen MR) is 70.6 cm³/mol. The largest absolute Gasteiger partial charge is 0.330 e. The van der Waals surface area contributed by atoms with Crippen molar-refractivity contribution in [3.05, 3.63) is 0 Å². The Hall–Kier alpha value is -0.120. The molecule has 1 fully saturated rings. The van der Waals surface area contributed by atoms with E-state index in [1.165, 1.54) is 58.5 Å². The number of hydrogen-bond donors (Lipinski definition) is 1. The van der Waals surface area contributed by atoms with Gasteiger partial charge >= 0.3 is 0 Å². The fourth-order valence-electron chi connectivity index (χ4n) is 2.41. The summed E-state index contributed by atoms with van der Waals surface area (Å²) in [6.45, 7) is 12.9. The molecule has 0 aromatic carbocycles. The van der Waals surface area contributed by atoms with Crippen molar-refractivity contribution in [1.82, 2.24) is 9.80 Å². The minimum atomic E-state index is 0.730. The molecule has 16 heavy (non-hydrogen) atoms. The van der Waals surface area contributed by atoms with Crippen molar-refractivity contribution in [3.8, 4) is 0 Å². The van der Waals surface area contributed by atoms with Gasteiger partial charge in [0.05, 0.1) is 0 Å². The summed E-state index contributed by atoms with van der Waals surface area (Å²) in [5.41, 5.74) is 5.73. The molecule has 1 saturated heterocycles. The Morgan fingerprint density at radius 3 is 2.00 bits per heavy atom. The quantitative estimate of drug-likeness (QED) is 0.713. The van der Waals surface area contributed by atoms with Crippen molar-refractivity contribution in [2.24, 2.45) is 11.7 Å². The van der Waals surface area contributed by atoms with Gasteiger partial charge in [0.1, 0.15) is 0 Å². The van der Waals surface area contributed by atoms with Crippen molar-refractivity contribution in [1.29, 1.82) is 0 Å². The van der Waals surface area contributed by atoms with Gasteiger partial charge in [-0.2, -0.15) is 0 Å². The van der Waals surface area contributed by atoms with Crippen LogP contribution in [0.4, 0.5) is 0 Å². The third-order valence-electron chi connectivity index (χ3n) is 3.77. The molecule has 0 bridgehead atoms. The summed E-state index contributed by atoms with van der Waals surface area (Å²) in [5.74, 6) is 0.730. The molecule has 1 aliphatic heterocycles. The van der Waals surface area contributed by atoms with Gasteiger partial charge in [-0.25, -0.2) is 0 Å². The van der Waals surface area contributed by atoms with Gasteiger partial charge in [-0.15, -0.1) is 0 Å². The van der Waals surface area contributed by atoms with Crippen molar-refractivity contribution in [2.45, 2.75) is 33.1 Å². The third kappa shape index (κ3) is 4.81. The van der Waals surface area contributed by atoms with Crippen LogP contribution in [0, 0.1) is 5.92 Å². The molecule has 0 spiro atoms. The lowest BCUT2D eigenvalue weighted by Crippen LogP contribution is -2.47. The first kappa shape index (κ1) is 13.9. The summed E-state index contributed by atoms with van der Waals surface area (Å²) in [6, 6.07) is 0. The van der Waals surface area contributed by atoms with Crippen LogP contribution < -0.4 is 5.73 Å². The van der Waals surface area contributed by atoms with Crippen LogP contribution in [0.25, 0.3) is 0 Å². The molecular weight excluding hydrogens is 198 g/mol. The number of nitrogens with two attached hydrogens (primary N) is 1. The molecule has 0 aliphatic carbocycles. The molecule has 96 valence electrons. The zero-order valence-corrected chi connectivity index (χ0v) is 11.1. The van der Waals surface area contributed by atoms with Crippen LogP contribution in [0.5, 0.6) is 0 Å². The lowest BCUT2D eigenvalue weighted by molar-refractivity contribution is 0.127. The first-order valence-corrected chi connectivity index (χ1v) is 6.94. The molecule has 0 saturated carbocycles. The molecule has 0 radical (unpaired) electrons. The van der Waals surface area contributed by atoms with Gasteiger partial charge in [0.15, 0.2) is 0 Å². The van der Waals surface area contributed by atoms with Crippen LogP contribution >= 0.6 is 0 Å². The molecule has 1 heterocycles. The van der Waals surface area contributed by atoms with Gasteiger partial charge in [-0.3, -0.25) is 0 Å². The van der Waals surface area contributed by atoms with E-state index >= 15 is 0 Å². The molecule has 1 atom stereocenters. The Morgan fingerprint density at radius 1 is 1.00 bits per heavy atom. The zero-order chi connectivity index (χ0) is 11.8. The monoisotopic (exact) mass is 227 g/mol. The Kier molecular flexibility index (Phi) is 7.01. The van der Waals surface area contributed by atoms with E-state index in [1.807, 2.05) is 0 Å². The van der Waals surface area contributed by atoms with Crippen LogP contribution in [0.2, 0.25) is 0 Å². The third-order valence-corrected chi connectivity index (χ3v) is 3.77. The smallest absolute Gasteiger partial charge is 0.0110 e. The minimum absolute atomic E-state index is 0.730. The number of piperazine rings is 1. The van der Waals surface area contributed by atoms with Crippen molar-refractivity contribution in [2.75, 3.05) is 45.8 Å². The first-order valence-electron chi connectivity index (χ1n) is 6.94. The maximum absolute atomic E-state index is 5.73. The molecule has 0 aromatic heterocycles. The fourth-order valence-corrected chi connectivity index (χ4v) is 2.41. The summed E-state index contributed by atoms with van der Waals surface area (Å²) in [5, 5.41) is 0. The minimum Gasteiger partial charge on any atom is -0.330 e. The van der Waals surface area contributed by atoms with Crippen LogP contribution in [0.15, 0.2) is 0 Å². The Balaban J connectivity index is 2.12. The van der Waals surface area contributed by atoms with Crippen LogP contribution in [0.3, 0.4) is 0 Å². The highest BCUT2D eigenvalue weighted by Gasteiger charge is 2.16. The highest BCUT2D eigenvalue weighted by atomic mass is 15.3. The Morgan fingerprint density at radius 2 is 1.56 bits per heavy atom. The standard InChI is InChI=1S/C13H29N3/c1-3-6-15-8-10-16(11-9-15)7-5-13(4-2)12-14/h13H,3-12,14H2,1-2H3. The average Bonchev–Trinajstić information content (AvgIpc) is 2.33. The van der Waals surface area contributed by atoms with E-state index in [4.69, 9.17) is 5.73 Å². The summed E-state index contributed by atoms with van der Waals surface area (Å²) in [7, 11) is 0. The summed E-state index contributed by atoms with van der Waals surface area (Å²) in [6.07, 6.45) is 3.79. The molecule has 0 aromatic rings. The molecule has 3 heteroatoms. The second-order valence-electron chi connectivity index (χ2n) is 4.98. The second-order valence-corrected chi connectivity index (χ2v) is 4.98. The van der Waals surface area contributed by atoms with Gasteiger partial charge in [0.2, 0.25) is 0 Å². The lowest BCUT2D eigenvalue weighted by Gasteiger charge is -2.35. The van der Waals surface area contributed by atoms with Gasteiger partial charge in [0.25, 0.3) is 0 Å². The van der Waals surface area contributed by atoms with E-state index in [-0.39, 0.29) is 0 Å². The van der Waals surface area contributed by atoms with Gasteiger partial charge in [-0.05, 0) is 38.4 Å². The Labute approximate surface area is 101 Å². The number of rotatable bonds is 7. The molecule has 1 unspecified atom stereocenters. The van der Waals surface area contributed by atoms with E-state index in [0.717, 1.165) is 12.5 Å². The first-order chi connectivity index (χ1) is 7.80. The van der Waals surface area contributed by atoms with E-state index in [1.54, 1.807) is 0 Å². The topological polar surface area (TPSA) is 32.5 Å². The molecular formula is C13H29N3. The average molecular weight is 227 g/mol. The van der Waals surface area contributed by atoms with Gasteiger partial charge in [0, 0.05) is 26.2 Å². The lowest BCUT2D eigenvalue weighted by atomic mass is 10.0. The zero-order valence-electron chi connectivity index (χ0n) is 11.1. The summed E-state index contributed by atoms with van der Waals surface area (Å²) >= 11 is 0. The fraction of sp³-hybridized carbons (Fsp3) is 1.00. The SMILES string of the molecule is CCCN1CCN(CCC(CC)CN)CC1. The maximum atomic E-state index is 5.73. The van der Waals surface area contributed by atoms with E-state index in [2.05, 4.69) is 23.6 Å². The van der Waals surface area contributed by atoms with Crippen LogP contribution in [-0.4, -0.2) is 55.6 Å². The van der Waals surface area contributed by atoms with E-state index in [9.17, 15) is 0 Å². The predicted octanol–water partition coefficient (Wildman–Crippen LogP) is 1.39. The van der Waals surface area contributed by atoms with Crippen molar-refractivity contribution in [3.63, 3.8) is 0 Å². The van der Waals surface area contributed by atoms with Crippen molar-refractivity contribution >= 4 is 0 Å². The van der Waals surface area contributed by atoms with Crippen LogP contribution in [0.1, 0.15) is 33.1 Å². The van der Waals surface area contributed by atoms with E-state index in [0.29, 0.717) is 0 Å². The van der Waals surface area contributed by atoms with Crippen molar-refractivity contribution < 1.29 is 0 Å². The number of nitrogens with zero attached hydrogens (tertiary/aromatic N) is 2.